The number of phenolic OH excluding ortho intramolecular Hbond substituents is 1. The van der Waals surface area contributed by atoms with E-state index in [1.807, 2.05) is 0 Å². The number of benzene rings is 1. The predicted octanol–water partition coefficient (Wildman–Crippen LogP) is 1.59. The molecular formula is C10H8N2O2. The number of nitrogens with zero attached hydrogens (tertiary/aromatic N) is 1. The monoisotopic (exact) mass is 188 g/mol. The van der Waals surface area contributed by atoms with Gasteiger partial charge in [0.2, 0.25) is 0 Å². The van der Waals surface area contributed by atoms with Crippen LogP contribution in [0.5, 0.6) is 5.75 Å². The normalized spacial score (nSPS) is 10.0. The molecule has 70 valence electrons. The molecule has 2 N–H and O–H groups in total. The highest BCUT2D eigenvalue weighted by atomic mass is 16.3. The van der Waals surface area contributed by atoms with Crippen molar-refractivity contribution in [2.24, 2.45) is 0 Å². The van der Waals surface area contributed by atoms with E-state index in [0.717, 1.165) is 11.3 Å². The number of nitrogens with one attached hydrogen (secondary N) is 1. The number of hydrogen-bond donors (Lipinski definition) is 2. The molecule has 2 rings (SSSR count). The van der Waals surface area contributed by atoms with E-state index in [-0.39, 0.29) is 5.75 Å². The van der Waals surface area contributed by atoms with Crippen molar-refractivity contribution in [1.82, 2.24) is 9.97 Å². The lowest BCUT2D eigenvalue weighted by Crippen LogP contribution is -1.81. The Hall–Kier alpha value is -2.10. The summed E-state index contributed by atoms with van der Waals surface area (Å²) in [5.41, 5.74) is 1.63. The maximum absolute atomic E-state index is 10.4. The van der Waals surface area contributed by atoms with Crippen molar-refractivity contribution in [1.29, 1.82) is 0 Å². The number of aromatic nitrogens is 2. The SMILES string of the molecule is O=Cc1ncc(-c2ccc(O)cc2)[nH]1. The molecule has 0 fully saturated rings. The number of carbonyl (C=O) groups is 1. The Labute approximate surface area is 80.2 Å². The lowest BCUT2D eigenvalue weighted by Gasteiger charge is -1.96. The molecule has 0 aliphatic heterocycles. The van der Waals surface area contributed by atoms with Crippen molar-refractivity contribution in [3.8, 4) is 17.0 Å². The molecule has 0 bridgehead atoms. The predicted molar refractivity (Wildman–Crippen MR) is 51.1 cm³/mol. The Morgan fingerprint density at radius 1 is 1.29 bits per heavy atom. The van der Waals surface area contributed by atoms with Crippen LogP contribution in [0.25, 0.3) is 11.3 Å². The van der Waals surface area contributed by atoms with E-state index in [9.17, 15) is 4.79 Å². The molecule has 0 radical (unpaired) electrons. The molecule has 14 heavy (non-hydrogen) atoms. The zero-order valence-electron chi connectivity index (χ0n) is 7.27. The van der Waals surface area contributed by atoms with Crippen molar-refractivity contribution in [3.05, 3.63) is 36.3 Å². The van der Waals surface area contributed by atoms with Gasteiger partial charge in [-0.2, -0.15) is 0 Å². The van der Waals surface area contributed by atoms with Crippen LogP contribution in [0, 0.1) is 0 Å². The highest BCUT2D eigenvalue weighted by Gasteiger charge is 2.01. The van der Waals surface area contributed by atoms with E-state index in [2.05, 4.69) is 9.97 Å². The van der Waals surface area contributed by atoms with Gasteiger partial charge in [-0.25, -0.2) is 4.98 Å². The molecule has 0 aliphatic rings. The molecule has 0 spiro atoms. The number of aromatic hydroxyl groups is 1. The molecule has 0 saturated carbocycles. The summed E-state index contributed by atoms with van der Waals surface area (Å²) in [6.45, 7) is 0. The summed E-state index contributed by atoms with van der Waals surface area (Å²) in [6.07, 6.45) is 2.24. The third-order valence-electron chi connectivity index (χ3n) is 1.89. The van der Waals surface area contributed by atoms with Gasteiger partial charge in [-0.1, -0.05) is 0 Å². The van der Waals surface area contributed by atoms with Gasteiger partial charge in [0.25, 0.3) is 0 Å². The standard InChI is InChI=1S/C10H8N2O2/c13-6-10-11-5-9(12-10)7-1-3-8(14)4-2-7/h1-6,14H,(H,11,12). The fourth-order valence-corrected chi connectivity index (χ4v) is 1.18. The van der Waals surface area contributed by atoms with Crippen LogP contribution in [0.15, 0.2) is 30.5 Å². The summed E-state index contributed by atoms with van der Waals surface area (Å²) >= 11 is 0. The maximum atomic E-state index is 10.4. The first-order valence-corrected chi connectivity index (χ1v) is 4.09. The van der Waals surface area contributed by atoms with Gasteiger partial charge in [0.05, 0.1) is 11.9 Å². The Morgan fingerprint density at radius 2 is 2.00 bits per heavy atom. The summed E-state index contributed by atoms with van der Waals surface area (Å²) in [5.74, 6) is 0.511. The van der Waals surface area contributed by atoms with Gasteiger partial charge in [0.15, 0.2) is 12.1 Å². The highest BCUT2D eigenvalue weighted by molar-refractivity contribution is 5.71. The molecular weight excluding hydrogens is 180 g/mol. The molecule has 0 atom stereocenters. The van der Waals surface area contributed by atoms with Crippen molar-refractivity contribution in [3.63, 3.8) is 0 Å². The minimum absolute atomic E-state index is 0.212. The first-order chi connectivity index (χ1) is 6.79. The van der Waals surface area contributed by atoms with E-state index >= 15 is 0 Å². The fraction of sp³-hybridized carbons (Fsp3) is 0. The molecule has 4 nitrogen and oxygen atoms in total. The third-order valence-corrected chi connectivity index (χ3v) is 1.89. The zero-order chi connectivity index (χ0) is 9.97. The number of aromatic amines is 1. The number of H-pyrrole nitrogens is 1. The molecule has 4 heteroatoms. The average molecular weight is 188 g/mol. The molecule has 1 aromatic carbocycles. The van der Waals surface area contributed by atoms with Crippen LogP contribution in [0.3, 0.4) is 0 Å². The number of aldehydes is 1. The molecule has 0 aliphatic carbocycles. The van der Waals surface area contributed by atoms with Gasteiger partial charge < -0.3 is 10.1 Å². The minimum atomic E-state index is 0.212. The van der Waals surface area contributed by atoms with E-state index < -0.39 is 0 Å². The lowest BCUT2D eigenvalue weighted by molar-refractivity contribution is 0.111. The largest absolute Gasteiger partial charge is 0.508 e. The maximum Gasteiger partial charge on any atom is 0.185 e. The average Bonchev–Trinajstić information content (AvgIpc) is 2.67. The second-order valence-corrected chi connectivity index (χ2v) is 2.85. The van der Waals surface area contributed by atoms with Gasteiger partial charge in [-0.3, -0.25) is 4.79 Å². The van der Waals surface area contributed by atoms with Crippen LogP contribution in [-0.4, -0.2) is 21.4 Å². The summed E-state index contributed by atoms with van der Waals surface area (Å²) in [4.78, 5) is 17.1. The quantitative estimate of drug-likeness (QED) is 0.703. The molecule has 2 aromatic rings. The van der Waals surface area contributed by atoms with Crippen LogP contribution in [-0.2, 0) is 0 Å². The topological polar surface area (TPSA) is 66.0 Å². The van der Waals surface area contributed by atoms with Gasteiger partial charge in [-0.15, -0.1) is 0 Å². The second-order valence-electron chi connectivity index (χ2n) is 2.85. The van der Waals surface area contributed by atoms with Crippen molar-refractivity contribution >= 4 is 6.29 Å². The Morgan fingerprint density at radius 3 is 2.57 bits per heavy atom. The smallest absolute Gasteiger partial charge is 0.185 e. The Balaban J connectivity index is 2.39. The van der Waals surface area contributed by atoms with E-state index in [1.165, 1.54) is 0 Å². The zero-order valence-corrected chi connectivity index (χ0v) is 7.27. The summed E-state index contributed by atoms with van der Waals surface area (Å²) < 4.78 is 0. The lowest BCUT2D eigenvalue weighted by atomic mass is 10.2. The first kappa shape index (κ1) is 8.50. The Kier molecular flexibility index (Phi) is 2.02. The summed E-state index contributed by atoms with van der Waals surface area (Å²) in [6, 6.07) is 6.66. The number of imidazole rings is 1. The van der Waals surface area contributed by atoms with E-state index in [0.29, 0.717) is 12.1 Å². The molecule has 0 amide bonds. The fourth-order valence-electron chi connectivity index (χ4n) is 1.18. The van der Waals surface area contributed by atoms with Crippen LogP contribution in [0.2, 0.25) is 0 Å². The van der Waals surface area contributed by atoms with Gasteiger partial charge >= 0.3 is 0 Å². The third kappa shape index (κ3) is 1.50. The summed E-state index contributed by atoms with van der Waals surface area (Å²) in [5, 5.41) is 9.07. The second kappa shape index (κ2) is 3.33. The number of phenols is 1. The molecule has 1 heterocycles. The van der Waals surface area contributed by atoms with E-state index in [1.54, 1.807) is 30.5 Å². The first-order valence-electron chi connectivity index (χ1n) is 4.09. The van der Waals surface area contributed by atoms with Crippen LogP contribution in [0.1, 0.15) is 10.6 Å². The number of carbonyl (C=O) groups excluding carboxylic acids is 1. The highest BCUT2D eigenvalue weighted by Crippen LogP contribution is 2.19. The van der Waals surface area contributed by atoms with Crippen LogP contribution in [0.4, 0.5) is 0 Å². The molecule has 0 saturated heterocycles. The minimum Gasteiger partial charge on any atom is -0.508 e. The number of hydrogen-bond acceptors (Lipinski definition) is 3. The van der Waals surface area contributed by atoms with Crippen molar-refractivity contribution in [2.75, 3.05) is 0 Å². The van der Waals surface area contributed by atoms with Gasteiger partial charge in [0.1, 0.15) is 5.75 Å². The van der Waals surface area contributed by atoms with Crippen molar-refractivity contribution in [2.45, 2.75) is 0 Å². The van der Waals surface area contributed by atoms with Gasteiger partial charge in [-0.05, 0) is 29.8 Å². The van der Waals surface area contributed by atoms with Crippen LogP contribution < -0.4 is 0 Å². The Bertz CT molecular complexity index is 445. The molecule has 1 aromatic heterocycles. The number of rotatable bonds is 2. The molecule has 0 unspecified atom stereocenters. The van der Waals surface area contributed by atoms with Crippen LogP contribution >= 0.6 is 0 Å². The van der Waals surface area contributed by atoms with Gasteiger partial charge in [0, 0.05) is 0 Å². The van der Waals surface area contributed by atoms with Crippen molar-refractivity contribution < 1.29 is 9.90 Å². The van der Waals surface area contributed by atoms with E-state index in [4.69, 9.17) is 5.11 Å². The summed E-state index contributed by atoms with van der Waals surface area (Å²) in [7, 11) is 0.